The van der Waals surface area contributed by atoms with Gasteiger partial charge in [0, 0.05) is 52.8 Å². The monoisotopic (exact) mass is 480 g/mol. The summed E-state index contributed by atoms with van der Waals surface area (Å²) in [6.07, 6.45) is 4.40. The molecule has 1 fully saturated rings. The van der Waals surface area contributed by atoms with E-state index in [1.54, 1.807) is 44.4 Å². The molecule has 34 heavy (non-hydrogen) atoms. The van der Waals surface area contributed by atoms with E-state index in [2.05, 4.69) is 9.97 Å². The minimum Gasteiger partial charge on any atom is -0.373 e. The third-order valence-electron chi connectivity index (χ3n) is 6.37. The van der Waals surface area contributed by atoms with Crippen molar-refractivity contribution >= 4 is 17.2 Å². The van der Waals surface area contributed by atoms with Crippen molar-refractivity contribution in [2.45, 2.75) is 38.7 Å². The topological polar surface area (TPSA) is 89.3 Å². The number of rotatable bonds is 3. The van der Waals surface area contributed by atoms with E-state index < -0.39 is 5.82 Å². The highest BCUT2D eigenvalue weighted by atomic mass is 35.5. The number of ether oxygens (including phenoxy) is 1. The number of aromatic nitrogens is 4. The van der Waals surface area contributed by atoms with Crippen LogP contribution in [-0.4, -0.2) is 26.0 Å². The van der Waals surface area contributed by atoms with Gasteiger partial charge in [-0.1, -0.05) is 11.6 Å². The van der Waals surface area contributed by atoms with Gasteiger partial charge in [0.15, 0.2) is 5.65 Å². The summed E-state index contributed by atoms with van der Waals surface area (Å²) in [6.45, 7) is 3.96. The summed E-state index contributed by atoms with van der Waals surface area (Å²) in [6, 6.07) is 7.58. The number of aryl methyl sites for hydroxylation is 1. The average Bonchev–Trinajstić information content (AvgIpc) is 2.83. The SMILES string of the molecule is Cc1nc2c(-c3ccc(Cl)cc3F)nc([C@H]3CCO[C@H](c4ccc(=O)[nH]c4)C3)cn2c(=O)c1C. The number of hydrogen-bond acceptors (Lipinski definition) is 5. The van der Waals surface area contributed by atoms with Crippen LogP contribution in [-0.2, 0) is 4.74 Å². The molecule has 1 aromatic carbocycles. The smallest absolute Gasteiger partial charge is 0.261 e. The molecule has 174 valence electrons. The normalized spacial score (nSPS) is 18.4. The predicted octanol–water partition coefficient (Wildman–Crippen LogP) is 4.49. The Morgan fingerprint density at radius 1 is 1.18 bits per heavy atom. The lowest BCUT2D eigenvalue weighted by Gasteiger charge is -2.30. The number of aromatic amines is 1. The molecule has 0 aliphatic carbocycles. The molecule has 9 heteroatoms. The second-order valence-electron chi connectivity index (χ2n) is 8.53. The van der Waals surface area contributed by atoms with E-state index in [9.17, 15) is 14.0 Å². The van der Waals surface area contributed by atoms with Gasteiger partial charge < -0.3 is 9.72 Å². The van der Waals surface area contributed by atoms with Crippen LogP contribution >= 0.6 is 11.6 Å². The summed E-state index contributed by atoms with van der Waals surface area (Å²) in [5.41, 5.74) is 3.02. The molecule has 3 aromatic heterocycles. The first-order valence-corrected chi connectivity index (χ1v) is 11.4. The summed E-state index contributed by atoms with van der Waals surface area (Å²) >= 11 is 5.96. The molecule has 0 bridgehead atoms. The van der Waals surface area contributed by atoms with Gasteiger partial charge in [-0.3, -0.25) is 14.0 Å². The number of benzene rings is 1. The first-order valence-electron chi connectivity index (χ1n) is 11.0. The van der Waals surface area contributed by atoms with E-state index >= 15 is 0 Å². The highest BCUT2D eigenvalue weighted by Gasteiger charge is 2.28. The van der Waals surface area contributed by atoms with Gasteiger partial charge in [-0.25, -0.2) is 14.4 Å². The van der Waals surface area contributed by atoms with Gasteiger partial charge in [0.2, 0.25) is 5.56 Å². The third kappa shape index (κ3) is 4.03. The molecular weight excluding hydrogens is 459 g/mol. The summed E-state index contributed by atoms with van der Waals surface area (Å²) in [5, 5.41) is 0.270. The maximum absolute atomic E-state index is 14.9. The largest absolute Gasteiger partial charge is 0.373 e. The van der Waals surface area contributed by atoms with Crippen LogP contribution in [0.4, 0.5) is 4.39 Å². The number of H-pyrrole nitrogens is 1. The fourth-order valence-electron chi connectivity index (χ4n) is 4.33. The van der Waals surface area contributed by atoms with Crippen LogP contribution in [0.1, 0.15) is 47.4 Å². The molecule has 1 saturated heterocycles. The van der Waals surface area contributed by atoms with E-state index in [4.69, 9.17) is 21.3 Å². The first kappa shape index (κ1) is 22.4. The van der Waals surface area contributed by atoms with Gasteiger partial charge in [0.05, 0.1) is 11.8 Å². The fraction of sp³-hybridized carbons (Fsp3) is 0.280. The van der Waals surface area contributed by atoms with Crippen molar-refractivity contribution in [2.24, 2.45) is 0 Å². The van der Waals surface area contributed by atoms with Gasteiger partial charge in [0.25, 0.3) is 5.56 Å². The first-order chi connectivity index (χ1) is 16.3. The van der Waals surface area contributed by atoms with Crippen molar-refractivity contribution in [1.82, 2.24) is 19.4 Å². The van der Waals surface area contributed by atoms with Crippen molar-refractivity contribution in [1.29, 1.82) is 0 Å². The second-order valence-corrected chi connectivity index (χ2v) is 8.96. The quantitative estimate of drug-likeness (QED) is 0.466. The number of pyridine rings is 1. The van der Waals surface area contributed by atoms with Crippen molar-refractivity contribution in [3.63, 3.8) is 0 Å². The van der Waals surface area contributed by atoms with E-state index in [1.165, 1.54) is 16.5 Å². The summed E-state index contributed by atoms with van der Waals surface area (Å²) in [4.78, 5) is 36.7. The Kier molecular flexibility index (Phi) is 5.79. The third-order valence-corrected chi connectivity index (χ3v) is 6.60. The van der Waals surface area contributed by atoms with Gasteiger partial charge in [-0.2, -0.15) is 0 Å². The lowest BCUT2D eigenvalue weighted by atomic mass is 9.90. The number of fused-ring (bicyclic) bond motifs is 1. The standard InChI is InChI=1S/C25H22ClFN4O3/c1-13-14(2)29-24-23(18-5-4-17(26)10-19(18)27)30-20(12-31(24)25(13)33)15-7-8-34-21(9-15)16-3-6-22(32)28-11-16/h3-6,10-12,15,21H,7-9H2,1-2H3,(H,28,32)/t15-,21-/m0/s1. The molecule has 0 amide bonds. The fourth-order valence-corrected chi connectivity index (χ4v) is 4.49. The van der Waals surface area contributed by atoms with Crippen LogP contribution in [0.5, 0.6) is 0 Å². The summed E-state index contributed by atoms with van der Waals surface area (Å²) in [5.74, 6) is -0.581. The summed E-state index contributed by atoms with van der Waals surface area (Å²) < 4.78 is 22.3. The molecule has 4 aromatic rings. The zero-order chi connectivity index (χ0) is 24.0. The minimum atomic E-state index is -0.537. The Morgan fingerprint density at radius 2 is 2.00 bits per heavy atom. The number of nitrogens with zero attached hydrogens (tertiary/aromatic N) is 3. The van der Waals surface area contributed by atoms with Gasteiger partial charge in [-0.05, 0) is 56.5 Å². The lowest BCUT2D eigenvalue weighted by molar-refractivity contribution is 0.00438. The van der Waals surface area contributed by atoms with E-state index in [0.29, 0.717) is 47.7 Å². The zero-order valence-corrected chi connectivity index (χ0v) is 19.4. The van der Waals surface area contributed by atoms with E-state index in [0.717, 1.165) is 5.56 Å². The van der Waals surface area contributed by atoms with Gasteiger partial charge >= 0.3 is 0 Å². The Balaban J connectivity index is 1.66. The summed E-state index contributed by atoms with van der Waals surface area (Å²) in [7, 11) is 0. The van der Waals surface area contributed by atoms with Gasteiger partial charge in [-0.15, -0.1) is 0 Å². The zero-order valence-electron chi connectivity index (χ0n) is 18.6. The molecule has 0 unspecified atom stereocenters. The number of hydrogen-bond donors (Lipinski definition) is 1. The lowest BCUT2D eigenvalue weighted by Crippen LogP contribution is -2.24. The second kappa shape index (κ2) is 8.77. The molecule has 5 rings (SSSR count). The van der Waals surface area contributed by atoms with Crippen molar-refractivity contribution in [3.05, 3.63) is 96.8 Å². The molecule has 1 N–H and O–H groups in total. The van der Waals surface area contributed by atoms with Crippen LogP contribution in [0, 0.1) is 19.7 Å². The molecule has 4 heterocycles. The average molecular weight is 481 g/mol. The van der Waals surface area contributed by atoms with Crippen LogP contribution in [0.25, 0.3) is 16.9 Å². The molecule has 2 atom stereocenters. The molecular formula is C25H22ClFN4O3. The predicted molar refractivity (Wildman–Crippen MR) is 127 cm³/mol. The van der Waals surface area contributed by atoms with Crippen molar-refractivity contribution in [2.75, 3.05) is 6.61 Å². The molecule has 0 saturated carbocycles. The number of nitrogens with one attached hydrogen (secondary N) is 1. The molecule has 0 spiro atoms. The Labute approximate surface area is 199 Å². The minimum absolute atomic E-state index is 0.0438. The number of halogens is 2. The molecule has 1 aliphatic heterocycles. The van der Waals surface area contributed by atoms with Crippen molar-refractivity contribution in [3.8, 4) is 11.3 Å². The molecule has 0 radical (unpaired) electrons. The van der Waals surface area contributed by atoms with E-state index in [1.807, 2.05) is 0 Å². The highest BCUT2D eigenvalue weighted by Crippen LogP contribution is 2.37. The Hall–Kier alpha value is -3.36. The van der Waals surface area contributed by atoms with E-state index in [-0.39, 0.29) is 33.7 Å². The Morgan fingerprint density at radius 3 is 2.74 bits per heavy atom. The van der Waals surface area contributed by atoms with Crippen LogP contribution in [0.2, 0.25) is 5.02 Å². The van der Waals surface area contributed by atoms with Crippen LogP contribution in [0.3, 0.4) is 0 Å². The van der Waals surface area contributed by atoms with Crippen LogP contribution < -0.4 is 11.1 Å². The van der Waals surface area contributed by atoms with Crippen molar-refractivity contribution < 1.29 is 9.13 Å². The van der Waals surface area contributed by atoms with Gasteiger partial charge in [0.1, 0.15) is 11.5 Å². The maximum Gasteiger partial charge on any atom is 0.261 e. The molecule has 1 aliphatic rings. The Bertz CT molecular complexity index is 1510. The molecule has 7 nitrogen and oxygen atoms in total. The highest BCUT2D eigenvalue weighted by molar-refractivity contribution is 6.30. The maximum atomic E-state index is 14.9. The van der Waals surface area contributed by atoms with Crippen LogP contribution in [0.15, 0.2) is 52.3 Å².